The molecule has 0 aliphatic carbocycles. The molecular weight excluding hydrogens is 397 g/mol. The molecule has 1 aromatic carbocycles. The zero-order valence-corrected chi connectivity index (χ0v) is 17.2. The molecule has 3 rings (SSSR count). The highest BCUT2D eigenvalue weighted by atomic mass is 32.1. The fourth-order valence-electron chi connectivity index (χ4n) is 3.71. The lowest BCUT2D eigenvalue weighted by Gasteiger charge is -2.13. The molecule has 0 bridgehead atoms. The summed E-state index contributed by atoms with van der Waals surface area (Å²) in [6.45, 7) is 4.57. The lowest BCUT2D eigenvalue weighted by atomic mass is 9.97. The number of primary amides is 1. The van der Waals surface area contributed by atoms with Gasteiger partial charge in [-0.3, -0.25) is 4.79 Å². The highest BCUT2D eigenvalue weighted by Gasteiger charge is 2.31. The van der Waals surface area contributed by atoms with E-state index in [2.05, 4.69) is 10.6 Å². The molecule has 0 fully saturated rings. The van der Waals surface area contributed by atoms with Gasteiger partial charge in [-0.25, -0.2) is 0 Å². The lowest BCUT2D eigenvalue weighted by Crippen LogP contribution is -2.14. The van der Waals surface area contributed by atoms with E-state index in [0.717, 1.165) is 36.4 Å². The Bertz CT molecular complexity index is 987. The first-order chi connectivity index (χ1) is 13.7. The third kappa shape index (κ3) is 4.40. The van der Waals surface area contributed by atoms with Gasteiger partial charge in [0, 0.05) is 28.4 Å². The van der Waals surface area contributed by atoms with Gasteiger partial charge in [0.1, 0.15) is 0 Å². The van der Waals surface area contributed by atoms with Crippen molar-refractivity contribution in [2.45, 2.75) is 45.8 Å². The van der Waals surface area contributed by atoms with Gasteiger partial charge < -0.3 is 10.3 Å². The zero-order valence-electron chi connectivity index (χ0n) is 16.3. The van der Waals surface area contributed by atoms with E-state index in [1.165, 1.54) is 17.0 Å². The van der Waals surface area contributed by atoms with Crippen LogP contribution in [0.3, 0.4) is 0 Å². The van der Waals surface area contributed by atoms with Crippen LogP contribution in [0, 0.1) is 6.92 Å². The van der Waals surface area contributed by atoms with Crippen LogP contribution in [0.5, 0.6) is 0 Å². The minimum absolute atomic E-state index is 0.388. The Morgan fingerprint density at radius 2 is 1.83 bits per heavy atom. The minimum atomic E-state index is -4.40. The van der Waals surface area contributed by atoms with Gasteiger partial charge in [0.25, 0.3) is 5.91 Å². The Morgan fingerprint density at radius 3 is 2.34 bits per heavy atom. The second kappa shape index (κ2) is 8.45. The third-order valence-corrected chi connectivity index (χ3v) is 5.96. The van der Waals surface area contributed by atoms with Crippen LogP contribution in [0.2, 0.25) is 0 Å². The predicted octanol–water partition coefficient (Wildman–Crippen LogP) is 5.84. The van der Waals surface area contributed by atoms with Crippen molar-refractivity contribution in [2.75, 3.05) is 0 Å². The Balaban J connectivity index is 2.11. The summed E-state index contributed by atoms with van der Waals surface area (Å²) in [5.41, 5.74) is 8.29. The minimum Gasteiger partial charge on any atom is -0.366 e. The van der Waals surface area contributed by atoms with Gasteiger partial charge in [0.15, 0.2) is 0 Å². The molecule has 0 aliphatic heterocycles. The average Bonchev–Trinajstić information content (AvgIpc) is 3.26. The molecule has 0 spiro atoms. The van der Waals surface area contributed by atoms with Crippen molar-refractivity contribution in [1.29, 1.82) is 0 Å². The van der Waals surface area contributed by atoms with Gasteiger partial charge in [-0.05, 0) is 48.9 Å². The molecule has 29 heavy (non-hydrogen) atoms. The molecule has 7 heteroatoms. The van der Waals surface area contributed by atoms with Gasteiger partial charge in [-0.1, -0.05) is 31.5 Å². The van der Waals surface area contributed by atoms with Crippen molar-refractivity contribution >= 4 is 17.2 Å². The fourth-order valence-corrected chi connectivity index (χ4v) is 4.41. The molecule has 0 unspecified atom stereocenters. The first kappa shape index (κ1) is 21.2. The maximum atomic E-state index is 13.0. The Morgan fingerprint density at radius 1 is 1.14 bits per heavy atom. The van der Waals surface area contributed by atoms with Crippen LogP contribution in [-0.2, 0) is 25.6 Å². The van der Waals surface area contributed by atoms with E-state index in [0.29, 0.717) is 29.7 Å². The smallest absolute Gasteiger partial charge is 0.366 e. The second-order valence-corrected chi connectivity index (χ2v) is 7.98. The molecule has 0 saturated heterocycles. The van der Waals surface area contributed by atoms with Gasteiger partial charge in [-0.15, -0.1) is 11.3 Å². The van der Waals surface area contributed by atoms with Crippen LogP contribution >= 0.6 is 11.3 Å². The van der Waals surface area contributed by atoms with Crippen molar-refractivity contribution in [3.05, 3.63) is 69.2 Å². The van der Waals surface area contributed by atoms with E-state index >= 15 is 0 Å². The Hall–Kier alpha value is -2.54. The number of aryl methyl sites for hydroxylation is 1. The van der Waals surface area contributed by atoms with E-state index in [1.807, 2.05) is 25.3 Å². The van der Waals surface area contributed by atoms with Gasteiger partial charge in [-0.2, -0.15) is 13.2 Å². The van der Waals surface area contributed by atoms with Crippen LogP contribution in [0.1, 0.15) is 45.5 Å². The number of aromatic nitrogens is 1. The highest BCUT2D eigenvalue weighted by molar-refractivity contribution is 7.09. The molecule has 0 aliphatic rings. The highest BCUT2D eigenvalue weighted by Crippen LogP contribution is 2.36. The summed E-state index contributed by atoms with van der Waals surface area (Å²) in [5, 5.41) is 2.02. The SMILES string of the molecule is CCCc1c(-c2ccc(C(F)(F)F)cc2)c(C(N)=O)c(C)n1CCc1cccs1. The molecule has 3 nitrogen and oxygen atoms in total. The molecular formula is C22H23F3N2OS. The summed E-state index contributed by atoms with van der Waals surface area (Å²) in [4.78, 5) is 13.5. The third-order valence-electron chi connectivity index (χ3n) is 5.03. The van der Waals surface area contributed by atoms with Crippen molar-refractivity contribution in [2.24, 2.45) is 5.73 Å². The van der Waals surface area contributed by atoms with Gasteiger partial charge >= 0.3 is 6.18 Å². The number of alkyl halides is 3. The summed E-state index contributed by atoms with van der Waals surface area (Å²) in [7, 11) is 0. The maximum Gasteiger partial charge on any atom is 0.416 e. The van der Waals surface area contributed by atoms with Crippen molar-refractivity contribution in [1.82, 2.24) is 4.57 Å². The summed E-state index contributed by atoms with van der Waals surface area (Å²) in [6, 6.07) is 9.01. The largest absolute Gasteiger partial charge is 0.416 e. The van der Waals surface area contributed by atoms with Crippen LogP contribution < -0.4 is 5.73 Å². The molecule has 154 valence electrons. The number of nitrogens with two attached hydrogens (primary N) is 1. The van der Waals surface area contributed by atoms with E-state index in [-0.39, 0.29) is 0 Å². The first-order valence-electron chi connectivity index (χ1n) is 9.45. The average molecular weight is 421 g/mol. The quantitative estimate of drug-likeness (QED) is 0.513. The maximum absolute atomic E-state index is 13.0. The summed E-state index contributed by atoms with van der Waals surface area (Å²) >= 11 is 1.67. The standard InChI is InChI=1S/C22H23F3N2OS/c1-3-5-18-20(15-7-9-16(10-8-15)22(23,24)25)19(21(26)28)14(2)27(18)12-11-17-6-4-13-29-17/h4,6-10,13H,3,5,11-12H2,1-2H3,(H2,26,28). The van der Waals surface area contributed by atoms with Crippen LogP contribution in [-0.4, -0.2) is 10.5 Å². The Labute approximate surface area is 172 Å². The van der Waals surface area contributed by atoms with Crippen molar-refractivity contribution in [3.63, 3.8) is 0 Å². The van der Waals surface area contributed by atoms with Gasteiger partial charge in [0.05, 0.1) is 11.1 Å². The number of nitrogens with zero attached hydrogens (tertiary/aromatic N) is 1. The number of rotatable bonds is 7. The van der Waals surface area contributed by atoms with Crippen molar-refractivity contribution in [3.8, 4) is 11.1 Å². The topological polar surface area (TPSA) is 48.0 Å². The molecule has 0 atom stereocenters. The number of carbonyl (C=O) groups excluding carboxylic acids is 1. The van der Waals surface area contributed by atoms with Crippen LogP contribution in [0.4, 0.5) is 13.2 Å². The normalized spacial score (nSPS) is 11.8. The number of hydrogen-bond donors (Lipinski definition) is 1. The van der Waals surface area contributed by atoms with E-state index in [4.69, 9.17) is 5.73 Å². The molecule has 0 saturated carbocycles. The number of hydrogen-bond acceptors (Lipinski definition) is 2. The molecule has 2 heterocycles. The summed E-state index contributed by atoms with van der Waals surface area (Å²) in [6.07, 6.45) is -2.04. The molecule has 1 amide bonds. The molecule has 2 N–H and O–H groups in total. The number of benzene rings is 1. The fraction of sp³-hybridized carbons (Fsp3) is 0.318. The second-order valence-electron chi connectivity index (χ2n) is 6.95. The van der Waals surface area contributed by atoms with Crippen molar-refractivity contribution < 1.29 is 18.0 Å². The summed E-state index contributed by atoms with van der Waals surface area (Å²) < 4.78 is 41.0. The number of carbonyl (C=O) groups is 1. The monoisotopic (exact) mass is 420 g/mol. The van der Waals surface area contributed by atoms with Gasteiger partial charge in [0.2, 0.25) is 0 Å². The summed E-state index contributed by atoms with van der Waals surface area (Å²) in [5.74, 6) is -0.565. The van der Waals surface area contributed by atoms with E-state index in [9.17, 15) is 18.0 Å². The zero-order chi connectivity index (χ0) is 21.2. The van der Waals surface area contributed by atoms with E-state index < -0.39 is 17.6 Å². The molecule has 3 aromatic rings. The van der Waals surface area contributed by atoms with E-state index in [1.54, 1.807) is 11.3 Å². The lowest BCUT2D eigenvalue weighted by molar-refractivity contribution is -0.137. The Kier molecular flexibility index (Phi) is 6.17. The van der Waals surface area contributed by atoms with Crippen LogP contribution in [0.15, 0.2) is 41.8 Å². The number of halogens is 3. The molecule has 0 radical (unpaired) electrons. The number of amides is 1. The van der Waals surface area contributed by atoms with Crippen LogP contribution in [0.25, 0.3) is 11.1 Å². The number of thiophene rings is 1. The first-order valence-corrected chi connectivity index (χ1v) is 10.3. The predicted molar refractivity (Wildman–Crippen MR) is 110 cm³/mol. The molecule has 2 aromatic heterocycles.